The van der Waals surface area contributed by atoms with Gasteiger partial charge in [0.25, 0.3) is 0 Å². The summed E-state index contributed by atoms with van der Waals surface area (Å²) in [5, 5.41) is 9.26. The van der Waals surface area contributed by atoms with Crippen molar-refractivity contribution < 1.29 is 14.3 Å². The summed E-state index contributed by atoms with van der Waals surface area (Å²) in [7, 11) is 0. The summed E-state index contributed by atoms with van der Waals surface area (Å²) in [5.41, 5.74) is 1.68. The fourth-order valence-electron chi connectivity index (χ4n) is 4.11. The molecule has 2 aliphatic rings. The molecule has 0 saturated carbocycles. The van der Waals surface area contributed by atoms with Gasteiger partial charge in [0.2, 0.25) is 0 Å². The van der Waals surface area contributed by atoms with Crippen LogP contribution in [0.4, 0.5) is 10.5 Å². The zero-order valence-electron chi connectivity index (χ0n) is 17.7. The predicted octanol–water partition coefficient (Wildman–Crippen LogP) is 4.55. The van der Waals surface area contributed by atoms with E-state index in [1.807, 2.05) is 36.5 Å². The number of benzene rings is 1. The Bertz CT molecular complexity index is 851. The molecule has 2 unspecified atom stereocenters. The van der Waals surface area contributed by atoms with E-state index < -0.39 is 5.60 Å². The highest BCUT2D eigenvalue weighted by atomic mass is 16.6. The van der Waals surface area contributed by atoms with Gasteiger partial charge in [-0.15, -0.1) is 0 Å². The summed E-state index contributed by atoms with van der Waals surface area (Å²) in [4.78, 5) is 14.2. The zero-order valence-corrected chi connectivity index (χ0v) is 17.7. The van der Waals surface area contributed by atoms with Crippen molar-refractivity contribution in [1.29, 1.82) is 0 Å². The number of rotatable bonds is 3. The van der Waals surface area contributed by atoms with Crippen LogP contribution in [-0.4, -0.2) is 52.1 Å². The highest BCUT2D eigenvalue weighted by Crippen LogP contribution is 2.28. The van der Waals surface area contributed by atoms with Crippen LogP contribution in [0.25, 0.3) is 10.9 Å². The Labute approximate surface area is 172 Å². The third-order valence-electron chi connectivity index (χ3n) is 5.47. The fraction of sp³-hybridized carbons (Fsp3) is 0.636. The van der Waals surface area contributed by atoms with Crippen LogP contribution in [0.1, 0.15) is 59.1 Å². The van der Waals surface area contributed by atoms with Gasteiger partial charge in [0.1, 0.15) is 5.60 Å². The van der Waals surface area contributed by atoms with Crippen LogP contribution in [0.3, 0.4) is 0 Å². The first-order valence-corrected chi connectivity index (χ1v) is 10.7. The lowest BCUT2D eigenvalue weighted by atomic mass is 10.1. The summed E-state index contributed by atoms with van der Waals surface area (Å²) in [6.45, 7) is 7.92. The van der Waals surface area contributed by atoms with Crippen molar-refractivity contribution in [2.75, 3.05) is 25.0 Å². The number of fused-ring (bicyclic) bond motifs is 1. The molecule has 0 spiro atoms. The Morgan fingerprint density at radius 2 is 2.10 bits per heavy atom. The molecular formula is C22H32N4O3. The molecule has 0 radical (unpaired) electrons. The lowest BCUT2D eigenvalue weighted by Gasteiger charge is -2.34. The normalized spacial score (nSPS) is 23.2. The summed E-state index contributed by atoms with van der Waals surface area (Å²) in [6, 6.07) is 6.55. The zero-order chi connectivity index (χ0) is 20.4. The third-order valence-corrected chi connectivity index (χ3v) is 5.47. The molecule has 7 nitrogen and oxygen atoms in total. The number of piperidine rings is 1. The molecule has 29 heavy (non-hydrogen) atoms. The first kappa shape index (κ1) is 20.0. The SMILES string of the molecule is CC(C)(C)OC(=O)N1CCCC(Nc2ccc3c(cnn3C3CCCCO3)c2)C1. The molecule has 2 saturated heterocycles. The molecule has 2 fully saturated rings. The third kappa shape index (κ3) is 4.83. The van der Waals surface area contributed by atoms with Crippen LogP contribution in [0.2, 0.25) is 0 Å². The Morgan fingerprint density at radius 1 is 1.24 bits per heavy atom. The molecule has 1 aromatic carbocycles. The van der Waals surface area contributed by atoms with E-state index >= 15 is 0 Å². The lowest BCUT2D eigenvalue weighted by Crippen LogP contribution is -2.46. The molecule has 1 amide bonds. The van der Waals surface area contributed by atoms with Crippen LogP contribution in [0.15, 0.2) is 24.4 Å². The molecule has 7 heteroatoms. The minimum atomic E-state index is -0.468. The molecule has 2 aromatic rings. The second-order valence-electron chi connectivity index (χ2n) is 9.09. The Hall–Kier alpha value is -2.28. The first-order chi connectivity index (χ1) is 13.9. The van der Waals surface area contributed by atoms with Crippen molar-refractivity contribution in [2.24, 2.45) is 0 Å². The van der Waals surface area contributed by atoms with E-state index in [9.17, 15) is 4.79 Å². The smallest absolute Gasteiger partial charge is 0.410 e. The van der Waals surface area contributed by atoms with Crippen molar-refractivity contribution >= 4 is 22.7 Å². The van der Waals surface area contributed by atoms with E-state index in [0.29, 0.717) is 6.54 Å². The summed E-state index contributed by atoms with van der Waals surface area (Å²) in [6.07, 6.45) is 7.05. The maximum absolute atomic E-state index is 12.4. The van der Waals surface area contributed by atoms with Gasteiger partial charge in [-0.3, -0.25) is 0 Å². The van der Waals surface area contributed by atoms with Gasteiger partial charge in [-0.2, -0.15) is 5.10 Å². The number of carbonyl (C=O) groups is 1. The van der Waals surface area contributed by atoms with E-state index in [2.05, 4.69) is 28.6 Å². The molecule has 2 aliphatic heterocycles. The average Bonchev–Trinajstić information content (AvgIpc) is 3.11. The number of nitrogens with one attached hydrogen (secondary N) is 1. The molecule has 4 rings (SSSR count). The van der Waals surface area contributed by atoms with Crippen molar-refractivity contribution in [2.45, 2.75) is 70.7 Å². The molecular weight excluding hydrogens is 368 g/mol. The van der Waals surface area contributed by atoms with Crippen LogP contribution >= 0.6 is 0 Å². The van der Waals surface area contributed by atoms with Crippen molar-refractivity contribution in [3.63, 3.8) is 0 Å². The number of aromatic nitrogens is 2. The van der Waals surface area contributed by atoms with E-state index in [0.717, 1.165) is 55.4 Å². The van der Waals surface area contributed by atoms with Crippen molar-refractivity contribution in [1.82, 2.24) is 14.7 Å². The van der Waals surface area contributed by atoms with E-state index in [-0.39, 0.29) is 18.4 Å². The van der Waals surface area contributed by atoms with Gasteiger partial charge < -0.3 is 19.7 Å². The van der Waals surface area contributed by atoms with E-state index in [1.54, 1.807) is 0 Å². The van der Waals surface area contributed by atoms with Crippen LogP contribution in [0, 0.1) is 0 Å². The number of anilines is 1. The molecule has 3 heterocycles. The monoisotopic (exact) mass is 400 g/mol. The number of carbonyl (C=O) groups excluding carboxylic acids is 1. The van der Waals surface area contributed by atoms with Gasteiger partial charge in [-0.1, -0.05) is 0 Å². The number of likely N-dealkylation sites (tertiary alicyclic amines) is 1. The van der Waals surface area contributed by atoms with Crippen LogP contribution in [0.5, 0.6) is 0 Å². The van der Waals surface area contributed by atoms with E-state index in [4.69, 9.17) is 9.47 Å². The minimum Gasteiger partial charge on any atom is -0.444 e. The first-order valence-electron chi connectivity index (χ1n) is 10.7. The second-order valence-corrected chi connectivity index (χ2v) is 9.09. The molecule has 1 N–H and O–H groups in total. The maximum Gasteiger partial charge on any atom is 0.410 e. The fourth-order valence-corrected chi connectivity index (χ4v) is 4.11. The number of amides is 1. The number of ether oxygens (including phenoxy) is 2. The molecule has 0 aliphatic carbocycles. The number of nitrogens with zero attached hydrogens (tertiary/aromatic N) is 3. The van der Waals surface area contributed by atoms with Gasteiger partial charge in [-0.25, -0.2) is 9.48 Å². The molecule has 0 bridgehead atoms. The Morgan fingerprint density at radius 3 is 2.86 bits per heavy atom. The number of hydrogen-bond donors (Lipinski definition) is 1. The van der Waals surface area contributed by atoms with Crippen LogP contribution in [-0.2, 0) is 9.47 Å². The minimum absolute atomic E-state index is 0.0424. The Kier molecular flexibility index (Phi) is 5.67. The topological polar surface area (TPSA) is 68.6 Å². The predicted molar refractivity (Wildman–Crippen MR) is 113 cm³/mol. The second kappa shape index (κ2) is 8.22. The van der Waals surface area contributed by atoms with Gasteiger partial charge in [0, 0.05) is 36.8 Å². The largest absolute Gasteiger partial charge is 0.444 e. The van der Waals surface area contributed by atoms with Crippen molar-refractivity contribution in [3.05, 3.63) is 24.4 Å². The molecule has 158 valence electrons. The van der Waals surface area contributed by atoms with Gasteiger partial charge in [0.05, 0.1) is 11.7 Å². The maximum atomic E-state index is 12.4. The van der Waals surface area contributed by atoms with Gasteiger partial charge >= 0.3 is 6.09 Å². The quantitative estimate of drug-likeness (QED) is 0.819. The highest BCUT2D eigenvalue weighted by molar-refractivity contribution is 5.82. The molecule has 1 aromatic heterocycles. The highest BCUT2D eigenvalue weighted by Gasteiger charge is 2.27. The summed E-state index contributed by atoms with van der Waals surface area (Å²) < 4.78 is 13.4. The Balaban J connectivity index is 1.42. The summed E-state index contributed by atoms with van der Waals surface area (Å²) >= 11 is 0. The van der Waals surface area contributed by atoms with Crippen LogP contribution < -0.4 is 5.32 Å². The number of hydrogen-bond acceptors (Lipinski definition) is 5. The van der Waals surface area contributed by atoms with Crippen molar-refractivity contribution in [3.8, 4) is 0 Å². The summed E-state index contributed by atoms with van der Waals surface area (Å²) in [5.74, 6) is 0. The standard InChI is InChI=1S/C22H32N4O3/c1-22(2,3)29-21(27)25-11-6-7-18(15-25)24-17-9-10-19-16(13-17)14-23-26(19)20-8-4-5-12-28-20/h9-10,13-14,18,20,24H,4-8,11-12,15H2,1-3H3. The van der Waals surface area contributed by atoms with Gasteiger partial charge in [-0.05, 0) is 71.1 Å². The lowest BCUT2D eigenvalue weighted by molar-refractivity contribution is -0.0366. The average molecular weight is 401 g/mol. The van der Waals surface area contributed by atoms with E-state index in [1.165, 1.54) is 6.42 Å². The van der Waals surface area contributed by atoms with Gasteiger partial charge in [0.15, 0.2) is 6.23 Å². The molecule has 2 atom stereocenters.